The van der Waals surface area contributed by atoms with Gasteiger partial charge in [-0.1, -0.05) is 29.8 Å². The van der Waals surface area contributed by atoms with Crippen LogP contribution < -0.4 is 14.8 Å². The summed E-state index contributed by atoms with van der Waals surface area (Å²) in [7, 11) is 0. The molecule has 1 N–H and O–H groups in total. The van der Waals surface area contributed by atoms with Gasteiger partial charge in [-0.3, -0.25) is 4.79 Å². The number of hydrogen-bond donors (Lipinski definition) is 1. The third-order valence-electron chi connectivity index (χ3n) is 3.32. The number of aromatic nitrogens is 4. The van der Waals surface area contributed by atoms with E-state index >= 15 is 0 Å². The molecule has 1 amide bonds. The van der Waals surface area contributed by atoms with Crippen molar-refractivity contribution in [2.75, 3.05) is 5.32 Å². The standard InChI is InChI=1S/C17H14ClF2N5O3/c18-13-8-11(6-7-14(13)28-17(19)20)21-16(26)9-25-23-15(22-24-25)10-27-12-4-2-1-3-5-12/h1-8,17H,9-10H2,(H,21,26). The van der Waals surface area contributed by atoms with Crippen molar-refractivity contribution in [3.05, 3.63) is 59.4 Å². The Morgan fingerprint density at radius 1 is 1.21 bits per heavy atom. The molecule has 8 nitrogen and oxygen atoms in total. The molecule has 0 atom stereocenters. The van der Waals surface area contributed by atoms with Gasteiger partial charge < -0.3 is 14.8 Å². The lowest BCUT2D eigenvalue weighted by Gasteiger charge is -2.09. The molecule has 11 heteroatoms. The lowest BCUT2D eigenvalue weighted by atomic mass is 10.3. The highest BCUT2D eigenvalue weighted by atomic mass is 35.5. The van der Waals surface area contributed by atoms with Crippen molar-refractivity contribution in [3.63, 3.8) is 0 Å². The zero-order chi connectivity index (χ0) is 19.9. The third-order valence-corrected chi connectivity index (χ3v) is 3.62. The highest BCUT2D eigenvalue weighted by molar-refractivity contribution is 6.32. The van der Waals surface area contributed by atoms with E-state index in [1.165, 1.54) is 18.2 Å². The van der Waals surface area contributed by atoms with Crippen LogP contribution in [0.4, 0.5) is 14.5 Å². The SMILES string of the molecule is O=C(Cn1nnc(COc2ccccc2)n1)Nc1ccc(OC(F)F)c(Cl)c1. The van der Waals surface area contributed by atoms with E-state index in [4.69, 9.17) is 16.3 Å². The maximum absolute atomic E-state index is 12.2. The number of para-hydroxylation sites is 1. The summed E-state index contributed by atoms with van der Waals surface area (Å²) in [6.45, 7) is -3.09. The molecule has 0 unspecified atom stereocenters. The van der Waals surface area contributed by atoms with Crippen molar-refractivity contribution in [2.45, 2.75) is 19.8 Å². The monoisotopic (exact) mass is 409 g/mol. The molecule has 0 bridgehead atoms. The van der Waals surface area contributed by atoms with Gasteiger partial charge in [-0.2, -0.15) is 13.6 Å². The summed E-state index contributed by atoms with van der Waals surface area (Å²) in [5, 5.41) is 14.1. The highest BCUT2D eigenvalue weighted by Gasteiger charge is 2.12. The molecule has 0 aliphatic rings. The summed E-state index contributed by atoms with van der Waals surface area (Å²) >= 11 is 5.84. The maximum Gasteiger partial charge on any atom is 0.387 e. The van der Waals surface area contributed by atoms with Gasteiger partial charge in [0.1, 0.15) is 18.0 Å². The van der Waals surface area contributed by atoms with Gasteiger partial charge in [-0.15, -0.1) is 10.2 Å². The number of amides is 1. The lowest BCUT2D eigenvalue weighted by Crippen LogP contribution is -2.20. The lowest BCUT2D eigenvalue weighted by molar-refractivity contribution is -0.117. The van der Waals surface area contributed by atoms with Crippen LogP contribution in [-0.4, -0.2) is 32.7 Å². The largest absolute Gasteiger partial charge is 0.485 e. The fraction of sp³-hybridized carbons (Fsp3) is 0.176. The molecular formula is C17H14ClF2N5O3. The van der Waals surface area contributed by atoms with E-state index in [9.17, 15) is 13.6 Å². The molecule has 0 radical (unpaired) electrons. The van der Waals surface area contributed by atoms with Gasteiger partial charge in [0.25, 0.3) is 0 Å². The quantitative estimate of drug-likeness (QED) is 0.614. The average molecular weight is 410 g/mol. The van der Waals surface area contributed by atoms with Crippen LogP contribution in [0.15, 0.2) is 48.5 Å². The molecule has 1 aromatic heterocycles. The molecule has 28 heavy (non-hydrogen) atoms. The second kappa shape index (κ2) is 9.09. The molecule has 0 aliphatic heterocycles. The number of tetrazole rings is 1. The van der Waals surface area contributed by atoms with Crippen molar-refractivity contribution in [3.8, 4) is 11.5 Å². The van der Waals surface area contributed by atoms with Gasteiger partial charge in [-0.25, -0.2) is 0 Å². The predicted octanol–water partition coefficient (Wildman–Crippen LogP) is 3.15. The molecule has 0 saturated heterocycles. The van der Waals surface area contributed by atoms with Gasteiger partial charge in [0.2, 0.25) is 11.7 Å². The van der Waals surface area contributed by atoms with E-state index in [1.807, 2.05) is 18.2 Å². The molecule has 0 saturated carbocycles. The summed E-state index contributed by atoms with van der Waals surface area (Å²) in [5.74, 6) is 0.336. The molecule has 146 valence electrons. The number of halogens is 3. The number of nitrogens with zero attached hydrogens (tertiary/aromatic N) is 4. The topological polar surface area (TPSA) is 91.2 Å². The molecule has 0 aliphatic carbocycles. The van der Waals surface area contributed by atoms with Crippen LogP contribution in [0.2, 0.25) is 5.02 Å². The van der Waals surface area contributed by atoms with E-state index in [0.717, 1.165) is 4.80 Å². The van der Waals surface area contributed by atoms with Gasteiger partial charge in [-0.05, 0) is 35.5 Å². The highest BCUT2D eigenvalue weighted by Crippen LogP contribution is 2.28. The number of benzene rings is 2. The second-order valence-corrected chi connectivity index (χ2v) is 5.82. The van der Waals surface area contributed by atoms with Crippen LogP contribution in [0.5, 0.6) is 11.5 Å². The van der Waals surface area contributed by atoms with Crippen LogP contribution in [-0.2, 0) is 17.9 Å². The smallest absolute Gasteiger partial charge is 0.387 e. The van der Waals surface area contributed by atoms with Crippen molar-refractivity contribution >= 4 is 23.2 Å². The normalized spacial score (nSPS) is 10.7. The Labute approximate surface area is 163 Å². The Bertz CT molecular complexity index is 940. The summed E-state index contributed by atoms with van der Waals surface area (Å²) in [5.41, 5.74) is 0.310. The molecule has 3 rings (SSSR count). The van der Waals surface area contributed by atoms with Crippen molar-refractivity contribution in [1.82, 2.24) is 20.2 Å². The Kier molecular flexibility index (Phi) is 6.33. The number of nitrogens with one attached hydrogen (secondary N) is 1. The fourth-order valence-corrected chi connectivity index (χ4v) is 2.39. The van der Waals surface area contributed by atoms with Crippen molar-refractivity contribution in [2.24, 2.45) is 0 Å². The number of alkyl halides is 2. The summed E-state index contributed by atoms with van der Waals surface area (Å²) < 4.78 is 34.2. The minimum absolute atomic E-state index is 0.0580. The third kappa shape index (κ3) is 5.61. The first-order chi connectivity index (χ1) is 13.5. The molecule has 0 spiro atoms. The fourth-order valence-electron chi connectivity index (χ4n) is 2.16. The van der Waals surface area contributed by atoms with Crippen LogP contribution in [0.1, 0.15) is 5.82 Å². The van der Waals surface area contributed by atoms with Crippen molar-refractivity contribution in [1.29, 1.82) is 0 Å². The number of ether oxygens (including phenoxy) is 2. The van der Waals surface area contributed by atoms with E-state index < -0.39 is 12.5 Å². The second-order valence-electron chi connectivity index (χ2n) is 5.41. The van der Waals surface area contributed by atoms with Crippen LogP contribution in [0, 0.1) is 0 Å². The first kappa shape index (κ1) is 19.5. The molecule has 3 aromatic rings. The Morgan fingerprint density at radius 3 is 2.71 bits per heavy atom. The summed E-state index contributed by atoms with van der Waals surface area (Å²) in [6, 6.07) is 13.0. The number of rotatable bonds is 8. The molecule has 1 heterocycles. The average Bonchev–Trinajstić information content (AvgIpc) is 3.10. The Morgan fingerprint density at radius 2 is 2.00 bits per heavy atom. The minimum atomic E-state index is -2.99. The van der Waals surface area contributed by atoms with Crippen LogP contribution >= 0.6 is 11.6 Å². The number of hydrogen-bond acceptors (Lipinski definition) is 6. The Balaban J connectivity index is 1.52. The van der Waals surface area contributed by atoms with Crippen LogP contribution in [0.25, 0.3) is 0 Å². The van der Waals surface area contributed by atoms with Crippen LogP contribution in [0.3, 0.4) is 0 Å². The van der Waals surface area contributed by atoms with E-state index in [0.29, 0.717) is 17.3 Å². The first-order valence-electron chi connectivity index (χ1n) is 7.98. The Hall–Kier alpha value is -3.27. The molecular weight excluding hydrogens is 396 g/mol. The van der Waals surface area contributed by atoms with E-state index in [1.54, 1.807) is 12.1 Å². The zero-order valence-corrected chi connectivity index (χ0v) is 15.0. The number of carbonyl (C=O) groups excluding carboxylic acids is 1. The molecule has 2 aromatic carbocycles. The predicted molar refractivity (Wildman–Crippen MR) is 95.3 cm³/mol. The number of carbonyl (C=O) groups is 1. The van der Waals surface area contributed by atoms with Gasteiger partial charge in [0, 0.05) is 5.69 Å². The van der Waals surface area contributed by atoms with Gasteiger partial charge in [0.15, 0.2) is 6.61 Å². The van der Waals surface area contributed by atoms with Gasteiger partial charge in [0.05, 0.1) is 5.02 Å². The summed E-state index contributed by atoms with van der Waals surface area (Å²) in [4.78, 5) is 13.2. The first-order valence-corrected chi connectivity index (χ1v) is 8.36. The summed E-state index contributed by atoms with van der Waals surface area (Å²) in [6.07, 6.45) is 0. The minimum Gasteiger partial charge on any atom is -0.485 e. The van der Waals surface area contributed by atoms with Crippen molar-refractivity contribution < 1.29 is 23.0 Å². The zero-order valence-electron chi connectivity index (χ0n) is 14.3. The molecule has 0 fully saturated rings. The van der Waals surface area contributed by atoms with E-state index in [-0.39, 0.29) is 23.9 Å². The van der Waals surface area contributed by atoms with E-state index in [2.05, 4.69) is 25.5 Å². The maximum atomic E-state index is 12.2. The number of anilines is 1. The van der Waals surface area contributed by atoms with Gasteiger partial charge >= 0.3 is 6.61 Å².